The minimum Gasteiger partial charge on any atom is -0.458 e. The second kappa shape index (κ2) is 13.7. The minimum atomic E-state index is -1.35. The van der Waals surface area contributed by atoms with Crippen LogP contribution in [-0.4, -0.2) is 95.6 Å². The van der Waals surface area contributed by atoms with E-state index in [1.54, 1.807) is 5.06 Å². The Morgan fingerprint density at radius 1 is 0.930 bits per heavy atom. The lowest BCUT2D eigenvalue weighted by molar-refractivity contribution is -0.217. The van der Waals surface area contributed by atoms with Crippen molar-refractivity contribution >= 4 is 23.9 Å². The van der Waals surface area contributed by atoms with Gasteiger partial charge >= 0.3 is 5.97 Å². The highest BCUT2D eigenvalue weighted by atomic mass is 16.8. The number of amides is 2. The van der Waals surface area contributed by atoms with E-state index in [9.17, 15) is 14.4 Å². The van der Waals surface area contributed by atoms with Gasteiger partial charge in [-0.05, 0) is 78.5 Å². The summed E-state index contributed by atoms with van der Waals surface area (Å²) in [6.45, 7) is 7.34. The smallest absolute Gasteiger partial charge is 0.327 e. The number of esters is 1. The predicted molar refractivity (Wildman–Crippen MR) is 207 cm³/mol. The van der Waals surface area contributed by atoms with Gasteiger partial charge in [0, 0.05) is 38.8 Å². The van der Waals surface area contributed by atoms with Crippen LogP contribution in [0.2, 0.25) is 0 Å². The van der Waals surface area contributed by atoms with E-state index in [1.165, 1.54) is 5.57 Å². The lowest BCUT2D eigenvalue weighted by Crippen LogP contribution is -2.69. The van der Waals surface area contributed by atoms with E-state index in [4.69, 9.17) is 28.9 Å². The number of benzene rings is 2. The van der Waals surface area contributed by atoms with Gasteiger partial charge in [0.1, 0.15) is 29.8 Å². The second-order valence-electron chi connectivity index (χ2n) is 18.8. The average Bonchev–Trinajstić information content (AvgIpc) is 3.47. The maximum atomic E-state index is 14.7. The van der Waals surface area contributed by atoms with E-state index in [-0.39, 0.29) is 61.9 Å². The van der Waals surface area contributed by atoms with Gasteiger partial charge in [-0.1, -0.05) is 74.0 Å². The average molecular weight is 782 g/mol. The van der Waals surface area contributed by atoms with Crippen molar-refractivity contribution in [1.82, 2.24) is 15.7 Å². The summed E-state index contributed by atoms with van der Waals surface area (Å²) < 4.78 is 26.2. The molecule has 57 heavy (non-hydrogen) atoms. The summed E-state index contributed by atoms with van der Waals surface area (Å²) in [5.74, 6) is -1.02. The highest BCUT2D eigenvalue weighted by Gasteiger charge is 2.76. The van der Waals surface area contributed by atoms with E-state index in [2.05, 4.69) is 67.8 Å². The molecule has 4 aliphatic heterocycles. The number of hydroxylamine groups is 2. The number of nitrogens with zero attached hydrogens (tertiary/aromatic N) is 1. The maximum absolute atomic E-state index is 14.7. The van der Waals surface area contributed by atoms with Crippen LogP contribution in [0.1, 0.15) is 88.0 Å². The monoisotopic (exact) mass is 781 g/mol. The van der Waals surface area contributed by atoms with Gasteiger partial charge in [0.2, 0.25) is 11.8 Å². The second-order valence-corrected chi connectivity index (χ2v) is 18.8. The Balaban J connectivity index is 0.963. The molecule has 1 spiro atoms. The highest BCUT2D eigenvalue weighted by Crippen LogP contribution is 2.61. The molecular weight excluding hydrogens is 727 g/mol. The molecule has 3 N–H and O–H groups in total. The third-order valence-corrected chi connectivity index (χ3v) is 14.9. The molecule has 304 valence electrons. The molecule has 0 radical (unpaired) electrons. The Kier molecular flexibility index (Phi) is 9.04. The van der Waals surface area contributed by atoms with Crippen LogP contribution in [0, 0.1) is 22.7 Å². The van der Waals surface area contributed by atoms with Gasteiger partial charge < -0.3 is 34.7 Å². The molecule has 10 rings (SSSR count). The number of hydrogen-bond donors (Lipinski definition) is 3. The van der Waals surface area contributed by atoms with Gasteiger partial charge in [0.05, 0.1) is 24.9 Å². The topological polar surface area (TPSA) is 148 Å². The normalized spacial score (nSPS) is 38.4. The van der Waals surface area contributed by atoms with E-state index in [1.807, 2.05) is 18.2 Å². The molecule has 10 atom stereocenters. The van der Waals surface area contributed by atoms with Gasteiger partial charge in [-0.3, -0.25) is 19.2 Å². The Morgan fingerprint density at radius 2 is 1.68 bits per heavy atom. The van der Waals surface area contributed by atoms with Crippen LogP contribution < -0.4 is 10.6 Å². The van der Waals surface area contributed by atoms with E-state index < -0.39 is 47.6 Å². The fourth-order valence-corrected chi connectivity index (χ4v) is 11.9. The summed E-state index contributed by atoms with van der Waals surface area (Å²) in [5.41, 5.74) is 4.76. The molecule has 4 heterocycles. The first-order valence-corrected chi connectivity index (χ1v) is 21.1. The van der Waals surface area contributed by atoms with Gasteiger partial charge in [-0.2, -0.15) is 5.06 Å². The van der Waals surface area contributed by atoms with Crippen molar-refractivity contribution in [1.29, 1.82) is 0 Å². The maximum Gasteiger partial charge on any atom is 0.327 e. The van der Waals surface area contributed by atoms with E-state index >= 15 is 0 Å². The molecule has 4 aliphatic carbocycles. The number of aliphatic hydroxyl groups excluding tert-OH is 1. The summed E-state index contributed by atoms with van der Waals surface area (Å²) in [6.07, 6.45) is 6.59. The van der Waals surface area contributed by atoms with Crippen molar-refractivity contribution in [3.63, 3.8) is 0 Å². The zero-order valence-electron chi connectivity index (χ0n) is 33.2. The highest BCUT2D eigenvalue weighted by molar-refractivity contribution is 5.94. The van der Waals surface area contributed by atoms with Crippen molar-refractivity contribution in [3.8, 4) is 0 Å². The quantitative estimate of drug-likeness (QED) is 0.251. The van der Waals surface area contributed by atoms with Crippen molar-refractivity contribution in [2.45, 2.75) is 133 Å². The lowest BCUT2D eigenvalue weighted by Gasteiger charge is -2.53. The minimum absolute atomic E-state index is 0.00408. The third-order valence-electron chi connectivity index (χ3n) is 14.9. The predicted octanol–water partition coefficient (Wildman–Crippen LogP) is 4.16. The van der Waals surface area contributed by atoms with E-state index in [0.717, 1.165) is 54.4 Å². The number of allylic oxidation sites excluding steroid dienone is 1. The van der Waals surface area contributed by atoms with Crippen molar-refractivity contribution in [2.24, 2.45) is 22.7 Å². The van der Waals surface area contributed by atoms with Crippen molar-refractivity contribution in [3.05, 3.63) is 76.4 Å². The fourth-order valence-electron chi connectivity index (χ4n) is 11.9. The van der Waals surface area contributed by atoms with Crippen LogP contribution in [0.25, 0.3) is 6.08 Å². The molecule has 8 aliphatic rings. The van der Waals surface area contributed by atoms with Crippen molar-refractivity contribution in [2.75, 3.05) is 19.7 Å². The standard InChI is InChI=1S/C45H55N3O9/c1-42(2)23-31-27(12-13-34-43(3,54-34)16-14-32(31)42)20-26-8-4-7-11-30(26)25-48-38-40(51)53-33-24-45(38,41(52)47-17-15-35(50)46-18-19-49)39(57-48)37-36(33)55-44(56-37)21-28-9-5-6-10-29(28)22-44/h4-11,20,31-34,36-39,49H,12-19,21-25H2,1-3H3,(H,46,50)(H,47,52)/t31-,32-,33-,34?,36+,37+,38+,39-,43-,45+/m1/s1. The molecule has 2 aromatic carbocycles. The van der Waals surface area contributed by atoms with Crippen LogP contribution in [0.3, 0.4) is 0 Å². The van der Waals surface area contributed by atoms with E-state index in [0.29, 0.717) is 30.8 Å². The number of carbonyl (C=O) groups excluding carboxylic acids is 3. The number of ether oxygens (including phenoxy) is 4. The molecule has 4 saturated heterocycles. The van der Waals surface area contributed by atoms with Gasteiger partial charge in [0.15, 0.2) is 11.8 Å². The zero-order valence-corrected chi connectivity index (χ0v) is 33.2. The first kappa shape index (κ1) is 37.6. The third kappa shape index (κ3) is 6.20. The zero-order chi connectivity index (χ0) is 39.3. The lowest BCUT2D eigenvalue weighted by atomic mass is 9.52. The Bertz CT molecular complexity index is 1980. The number of hydrogen-bond acceptors (Lipinski definition) is 10. The van der Waals surface area contributed by atoms with Crippen LogP contribution >= 0.6 is 0 Å². The fraction of sp³-hybridized carbons (Fsp3) is 0.622. The largest absolute Gasteiger partial charge is 0.458 e. The van der Waals surface area contributed by atoms with Crippen LogP contribution in [0.15, 0.2) is 54.1 Å². The van der Waals surface area contributed by atoms with Crippen LogP contribution in [-0.2, 0) is 57.6 Å². The number of rotatable bonds is 9. The van der Waals surface area contributed by atoms with Gasteiger partial charge in [0.25, 0.3) is 0 Å². The summed E-state index contributed by atoms with van der Waals surface area (Å²) in [4.78, 5) is 48.3. The Labute approximate surface area is 333 Å². The number of nitrogens with one attached hydrogen (secondary N) is 2. The molecule has 2 aromatic rings. The summed E-state index contributed by atoms with van der Waals surface area (Å²) in [5, 5.41) is 16.4. The molecule has 1 unspecified atom stereocenters. The summed E-state index contributed by atoms with van der Waals surface area (Å²) in [7, 11) is 0. The van der Waals surface area contributed by atoms with Gasteiger partial charge in [-0.15, -0.1) is 0 Å². The van der Waals surface area contributed by atoms with Crippen LogP contribution in [0.5, 0.6) is 0 Å². The number of epoxide rings is 1. The molecule has 12 nitrogen and oxygen atoms in total. The number of fused-ring (bicyclic) bond motifs is 7. The molecule has 7 fully saturated rings. The molecule has 2 amide bonds. The Morgan fingerprint density at radius 3 is 2.46 bits per heavy atom. The molecule has 3 saturated carbocycles. The van der Waals surface area contributed by atoms with Crippen LogP contribution in [0.4, 0.5) is 0 Å². The Hall–Kier alpha value is -3.65. The summed E-state index contributed by atoms with van der Waals surface area (Å²) in [6, 6.07) is 15.4. The molecule has 2 bridgehead atoms. The number of aliphatic hydroxyl groups is 1. The first-order valence-electron chi connectivity index (χ1n) is 21.1. The molecule has 0 aromatic heterocycles. The molecular formula is C45H55N3O9. The first-order chi connectivity index (χ1) is 27.4. The van der Waals surface area contributed by atoms with Gasteiger partial charge in [-0.25, -0.2) is 0 Å². The molecule has 12 heteroatoms. The SMILES string of the molecule is CC1(C)C[C@@H]2C(=Cc3ccccc3CN3O[C@@H]4[C@H]5OC6(Cc7ccccc7C6)O[C@H]5[C@H]5C[C@]4(C(=O)NCCC(=O)NCCO)[C@@H]3C(=O)O5)CCC3O[C@]3(C)CC[C@H]21. The summed E-state index contributed by atoms with van der Waals surface area (Å²) >= 11 is 0. The van der Waals surface area contributed by atoms with Crippen molar-refractivity contribution < 1.29 is 43.3 Å². The number of carbonyl (C=O) groups is 3.